The van der Waals surface area contributed by atoms with Crippen molar-refractivity contribution < 1.29 is 18.6 Å². The summed E-state index contributed by atoms with van der Waals surface area (Å²) in [5, 5.41) is 4.46. The zero-order valence-corrected chi connectivity index (χ0v) is 10.4. The Morgan fingerprint density at radius 1 is 1.24 bits per heavy atom. The topological polar surface area (TPSA) is 88.7 Å². The molecule has 1 rings (SSSR count). The highest BCUT2D eigenvalue weighted by atomic mass is 31.2. The van der Waals surface area contributed by atoms with Gasteiger partial charge in [0.25, 0.3) is 0 Å². The first-order chi connectivity index (χ1) is 8.09. The molecule has 0 radical (unpaired) electrons. The van der Waals surface area contributed by atoms with Gasteiger partial charge in [-0.1, -0.05) is 18.2 Å². The van der Waals surface area contributed by atoms with Crippen LogP contribution in [0.4, 0.5) is 10.5 Å². The molecule has 7 nitrogen and oxygen atoms in total. The maximum Gasteiger partial charge on any atom is 0.415 e. The molecule has 0 aliphatic rings. The van der Waals surface area contributed by atoms with Gasteiger partial charge in [-0.15, -0.1) is 5.20 Å². The minimum absolute atomic E-state index is 0.677. The second-order valence-corrected chi connectivity index (χ2v) is 4.86. The van der Waals surface area contributed by atoms with Crippen molar-refractivity contribution in [3.8, 4) is 0 Å². The number of anilines is 1. The number of hydrazine groups is 1. The second kappa shape index (κ2) is 6.24. The summed E-state index contributed by atoms with van der Waals surface area (Å²) in [5.41, 5.74) is 3.33. The zero-order valence-electron chi connectivity index (χ0n) is 9.47. The predicted molar refractivity (Wildman–Crippen MR) is 63.4 cm³/mol. The largest absolute Gasteiger partial charge is 0.453 e. The number of carbonyl (C=O) groups is 1. The van der Waals surface area contributed by atoms with Crippen molar-refractivity contribution in [2.24, 2.45) is 0 Å². The molecular weight excluding hydrogens is 245 g/mol. The van der Waals surface area contributed by atoms with Crippen molar-refractivity contribution in [2.45, 2.75) is 0 Å². The predicted octanol–water partition coefficient (Wildman–Crippen LogP) is 1.71. The molecule has 1 amide bonds. The zero-order chi connectivity index (χ0) is 12.7. The van der Waals surface area contributed by atoms with E-state index in [9.17, 15) is 9.36 Å². The first-order valence-corrected chi connectivity index (χ1v) is 6.32. The van der Waals surface area contributed by atoms with Gasteiger partial charge < -0.3 is 14.7 Å². The summed E-state index contributed by atoms with van der Waals surface area (Å²) in [6.07, 6.45) is -0.849. The Morgan fingerprint density at radius 3 is 2.41 bits per heavy atom. The van der Waals surface area contributed by atoms with Gasteiger partial charge in [0.15, 0.2) is 0 Å². The van der Waals surface area contributed by atoms with E-state index in [1.165, 1.54) is 14.2 Å². The fraction of sp³-hybridized carbons (Fsp3) is 0.222. The summed E-state index contributed by atoms with van der Waals surface area (Å²) >= 11 is 0. The maximum atomic E-state index is 11.9. The van der Waals surface area contributed by atoms with E-state index < -0.39 is 13.8 Å². The quantitative estimate of drug-likeness (QED) is 0.551. The van der Waals surface area contributed by atoms with Gasteiger partial charge in [0.1, 0.15) is 0 Å². The summed E-state index contributed by atoms with van der Waals surface area (Å²) in [6.45, 7) is 0. The molecule has 1 atom stereocenters. The van der Waals surface area contributed by atoms with Gasteiger partial charge in [0.2, 0.25) is 0 Å². The number of para-hydroxylation sites is 1. The van der Waals surface area contributed by atoms with Gasteiger partial charge in [-0.05, 0) is 12.1 Å². The molecule has 0 unspecified atom stereocenters. The molecule has 0 bridgehead atoms. The molecule has 0 saturated heterocycles. The number of hydrogen-bond acceptors (Lipinski definition) is 5. The first kappa shape index (κ1) is 13.5. The summed E-state index contributed by atoms with van der Waals surface area (Å²) in [7, 11) is -1.15. The normalized spacial score (nSPS) is 13.5. The number of carbonyl (C=O) groups excluding carboxylic acids is 1. The molecule has 0 aromatic heterocycles. The van der Waals surface area contributed by atoms with Crippen molar-refractivity contribution in [2.75, 3.05) is 19.6 Å². The second-order valence-electron chi connectivity index (χ2n) is 2.94. The molecule has 17 heavy (non-hydrogen) atoms. The van der Waals surface area contributed by atoms with E-state index in [2.05, 4.69) is 20.4 Å². The highest BCUT2D eigenvalue weighted by Gasteiger charge is 2.24. The lowest BCUT2D eigenvalue weighted by atomic mass is 10.3. The Bertz CT molecular complexity index is 412. The lowest BCUT2D eigenvalue weighted by molar-refractivity contribution is 0.175. The molecule has 8 heteroatoms. The maximum absolute atomic E-state index is 11.9. The molecule has 1 aromatic rings. The van der Waals surface area contributed by atoms with E-state index in [0.29, 0.717) is 5.69 Å². The van der Waals surface area contributed by atoms with Crippen LogP contribution in [-0.2, 0) is 13.8 Å². The van der Waals surface area contributed by atoms with Crippen LogP contribution in [0.5, 0.6) is 0 Å². The summed E-state index contributed by atoms with van der Waals surface area (Å²) in [4.78, 5) is 10.9. The van der Waals surface area contributed by atoms with Crippen LogP contribution in [0.15, 0.2) is 30.3 Å². The summed E-state index contributed by atoms with van der Waals surface area (Å²) in [6, 6.07) is 8.95. The fourth-order valence-electron chi connectivity index (χ4n) is 0.945. The van der Waals surface area contributed by atoms with Gasteiger partial charge in [0, 0.05) is 12.8 Å². The van der Waals surface area contributed by atoms with Crippen LogP contribution < -0.4 is 15.7 Å². The van der Waals surface area contributed by atoms with Crippen LogP contribution in [0.2, 0.25) is 0 Å². The van der Waals surface area contributed by atoms with E-state index in [-0.39, 0.29) is 0 Å². The van der Waals surface area contributed by atoms with E-state index in [1.807, 2.05) is 6.07 Å². The van der Waals surface area contributed by atoms with Crippen LogP contribution in [0.1, 0.15) is 0 Å². The van der Waals surface area contributed by atoms with E-state index in [1.54, 1.807) is 24.3 Å². The monoisotopic (exact) mass is 259 g/mol. The standard InChI is InChI=1S/C9H14N3O4P/c1-15-9(13)11-17(14,16-2)12-10-8-6-4-3-5-7-8/h3-7,10H,1-2H3,(H2,11,12,13,14)/t17-/m1/s1. The Morgan fingerprint density at radius 2 is 1.88 bits per heavy atom. The molecule has 0 spiro atoms. The Labute approximate surface area is 99.0 Å². The number of hydrogen-bond donors (Lipinski definition) is 3. The van der Waals surface area contributed by atoms with Crippen LogP contribution in [0.25, 0.3) is 0 Å². The van der Waals surface area contributed by atoms with E-state index in [4.69, 9.17) is 4.52 Å². The minimum atomic E-state index is -3.52. The third-order valence-electron chi connectivity index (χ3n) is 1.80. The minimum Gasteiger partial charge on any atom is -0.453 e. The number of methoxy groups -OCH3 is 1. The van der Waals surface area contributed by atoms with Gasteiger partial charge >= 0.3 is 13.8 Å². The number of benzene rings is 1. The molecule has 0 fully saturated rings. The highest BCUT2D eigenvalue weighted by Crippen LogP contribution is 2.35. The van der Waals surface area contributed by atoms with Crippen LogP contribution in [0.3, 0.4) is 0 Å². The lowest BCUT2D eigenvalue weighted by Gasteiger charge is -2.18. The SMILES string of the molecule is COC(=O)N[P@](=O)(NNc1ccccc1)OC. The molecule has 0 heterocycles. The Kier molecular flexibility index (Phi) is 4.96. The highest BCUT2D eigenvalue weighted by molar-refractivity contribution is 7.55. The van der Waals surface area contributed by atoms with Crippen molar-refractivity contribution in [3.63, 3.8) is 0 Å². The molecule has 0 aliphatic carbocycles. The number of nitrogens with one attached hydrogen (secondary N) is 3. The average Bonchev–Trinajstić information content (AvgIpc) is 2.37. The van der Waals surface area contributed by atoms with Crippen LogP contribution in [0, 0.1) is 0 Å². The molecule has 3 N–H and O–H groups in total. The number of rotatable bonds is 5. The third kappa shape index (κ3) is 4.44. The Balaban J connectivity index is 2.58. The van der Waals surface area contributed by atoms with E-state index in [0.717, 1.165) is 0 Å². The van der Waals surface area contributed by atoms with Gasteiger partial charge in [-0.3, -0.25) is 0 Å². The summed E-state index contributed by atoms with van der Waals surface area (Å²) < 4.78 is 20.9. The van der Waals surface area contributed by atoms with Gasteiger partial charge in [-0.25, -0.2) is 14.4 Å². The third-order valence-corrected chi connectivity index (χ3v) is 3.20. The summed E-state index contributed by atoms with van der Waals surface area (Å²) in [5.74, 6) is 0. The van der Waals surface area contributed by atoms with Crippen molar-refractivity contribution in [1.29, 1.82) is 0 Å². The molecule has 1 aromatic carbocycles. The van der Waals surface area contributed by atoms with Gasteiger partial charge in [0.05, 0.1) is 7.11 Å². The van der Waals surface area contributed by atoms with Gasteiger partial charge in [-0.2, -0.15) is 0 Å². The van der Waals surface area contributed by atoms with Crippen molar-refractivity contribution in [3.05, 3.63) is 30.3 Å². The van der Waals surface area contributed by atoms with E-state index >= 15 is 0 Å². The van der Waals surface area contributed by atoms with Crippen molar-refractivity contribution in [1.82, 2.24) is 10.3 Å². The molecule has 0 saturated carbocycles. The molecular formula is C9H14N3O4P. The Hall–Kier alpha value is -1.56. The first-order valence-electron chi connectivity index (χ1n) is 4.70. The smallest absolute Gasteiger partial charge is 0.415 e. The number of ether oxygens (including phenoxy) is 1. The fourth-order valence-corrected chi connectivity index (χ4v) is 1.79. The number of amides is 1. The van der Waals surface area contributed by atoms with Crippen LogP contribution >= 0.6 is 7.67 Å². The van der Waals surface area contributed by atoms with Crippen molar-refractivity contribution >= 4 is 19.5 Å². The van der Waals surface area contributed by atoms with Crippen LogP contribution in [-0.4, -0.2) is 20.3 Å². The molecule has 94 valence electrons. The lowest BCUT2D eigenvalue weighted by Crippen LogP contribution is -2.31. The molecule has 0 aliphatic heterocycles. The average molecular weight is 259 g/mol.